The molecule has 0 aromatic rings. The van der Waals surface area contributed by atoms with Crippen LogP contribution in [0.2, 0.25) is 0 Å². The lowest BCUT2D eigenvalue weighted by atomic mass is 9.59. The molecule has 0 aromatic carbocycles. The summed E-state index contributed by atoms with van der Waals surface area (Å²) < 4.78 is 0. The lowest BCUT2D eigenvalue weighted by molar-refractivity contribution is -0.0951. The van der Waals surface area contributed by atoms with Crippen molar-refractivity contribution in [2.24, 2.45) is 23.7 Å². The van der Waals surface area contributed by atoms with Gasteiger partial charge in [0.2, 0.25) is 0 Å². The van der Waals surface area contributed by atoms with Gasteiger partial charge in [0.15, 0.2) is 0 Å². The summed E-state index contributed by atoms with van der Waals surface area (Å²) in [7, 11) is 0. The molecule has 3 aliphatic carbocycles. The minimum absolute atomic E-state index is 0.0365. The van der Waals surface area contributed by atoms with E-state index in [1.807, 2.05) is 0 Å². The van der Waals surface area contributed by atoms with Crippen LogP contribution in [0.3, 0.4) is 0 Å². The monoisotopic (exact) mass is 168 g/mol. The van der Waals surface area contributed by atoms with Crippen LogP contribution >= 0.6 is 0 Å². The maximum atomic E-state index is 9.73. The molecule has 3 aliphatic rings. The molecule has 2 nitrogen and oxygen atoms in total. The molecule has 12 heavy (non-hydrogen) atoms. The molecular formula is C10H16O2. The molecule has 0 aliphatic heterocycles. The standard InChI is InChI=1S/C10H16O2/c11-9-3-5-1-7(9)6-4-10(12)8(6)2-5/h5-12H,1-4H2. The van der Waals surface area contributed by atoms with Gasteiger partial charge < -0.3 is 10.2 Å². The fourth-order valence-corrected chi connectivity index (χ4v) is 3.73. The molecule has 0 radical (unpaired) electrons. The summed E-state index contributed by atoms with van der Waals surface area (Å²) in [6.45, 7) is 0. The maximum absolute atomic E-state index is 9.73. The first kappa shape index (κ1) is 7.34. The number of fused-ring (bicyclic) bond motifs is 4. The molecule has 0 heterocycles. The zero-order chi connectivity index (χ0) is 8.29. The SMILES string of the molecule is OC1CC2CC1C1CC(O)C1C2. The number of hydrogen-bond donors (Lipinski definition) is 2. The normalized spacial score (nSPS) is 62.5. The molecule has 0 amide bonds. The second kappa shape index (κ2) is 2.24. The summed E-state index contributed by atoms with van der Waals surface area (Å²) in [5.74, 6) is 2.47. The first-order chi connectivity index (χ1) is 5.75. The Bertz CT molecular complexity index is 204. The molecule has 3 saturated carbocycles. The summed E-state index contributed by atoms with van der Waals surface area (Å²) in [6, 6.07) is 0. The van der Waals surface area contributed by atoms with Crippen LogP contribution in [0.4, 0.5) is 0 Å². The van der Waals surface area contributed by atoms with E-state index in [0.717, 1.165) is 18.8 Å². The van der Waals surface area contributed by atoms with E-state index in [1.54, 1.807) is 0 Å². The fourth-order valence-electron chi connectivity index (χ4n) is 3.73. The highest BCUT2D eigenvalue weighted by Gasteiger charge is 2.54. The second-order valence-corrected chi connectivity index (χ2v) is 4.94. The van der Waals surface area contributed by atoms with E-state index in [4.69, 9.17) is 0 Å². The third-order valence-electron chi connectivity index (χ3n) is 4.39. The van der Waals surface area contributed by atoms with Gasteiger partial charge in [-0.3, -0.25) is 0 Å². The topological polar surface area (TPSA) is 40.5 Å². The van der Waals surface area contributed by atoms with Gasteiger partial charge in [0, 0.05) is 0 Å². The Balaban J connectivity index is 1.83. The van der Waals surface area contributed by atoms with Crippen LogP contribution in [-0.4, -0.2) is 22.4 Å². The highest BCUT2D eigenvalue weighted by Crippen LogP contribution is 2.56. The molecular weight excluding hydrogens is 152 g/mol. The van der Waals surface area contributed by atoms with E-state index in [9.17, 15) is 10.2 Å². The van der Waals surface area contributed by atoms with E-state index in [-0.39, 0.29) is 12.2 Å². The van der Waals surface area contributed by atoms with Gasteiger partial charge in [-0.2, -0.15) is 0 Å². The minimum atomic E-state index is -0.0440. The van der Waals surface area contributed by atoms with Crippen molar-refractivity contribution in [3.05, 3.63) is 0 Å². The van der Waals surface area contributed by atoms with Crippen LogP contribution in [0.15, 0.2) is 0 Å². The summed E-state index contributed by atoms with van der Waals surface area (Å²) in [4.78, 5) is 0. The lowest BCUT2D eigenvalue weighted by Gasteiger charge is -2.49. The van der Waals surface area contributed by atoms with Crippen molar-refractivity contribution in [1.29, 1.82) is 0 Å². The molecule has 0 spiro atoms. The van der Waals surface area contributed by atoms with Gasteiger partial charge in [0.05, 0.1) is 12.2 Å². The zero-order valence-corrected chi connectivity index (χ0v) is 7.19. The average Bonchev–Trinajstić information content (AvgIpc) is 2.34. The van der Waals surface area contributed by atoms with E-state index >= 15 is 0 Å². The first-order valence-electron chi connectivity index (χ1n) is 5.12. The Morgan fingerprint density at radius 3 is 1.83 bits per heavy atom. The van der Waals surface area contributed by atoms with E-state index < -0.39 is 0 Å². The highest BCUT2D eigenvalue weighted by atomic mass is 16.3. The van der Waals surface area contributed by atoms with Crippen molar-refractivity contribution >= 4 is 0 Å². The van der Waals surface area contributed by atoms with Crippen LogP contribution in [0.5, 0.6) is 0 Å². The molecule has 3 rings (SSSR count). The summed E-state index contributed by atoms with van der Waals surface area (Å²) in [6.07, 6.45) is 4.29. The van der Waals surface area contributed by atoms with Gasteiger partial charge in [-0.1, -0.05) is 0 Å². The van der Waals surface area contributed by atoms with E-state index in [2.05, 4.69) is 0 Å². The highest BCUT2D eigenvalue weighted by molar-refractivity contribution is 5.03. The van der Waals surface area contributed by atoms with Gasteiger partial charge in [0.1, 0.15) is 0 Å². The first-order valence-corrected chi connectivity index (χ1v) is 5.12. The second-order valence-electron chi connectivity index (χ2n) is 4.94. The average molecular weight is 168 g/mol. The summed E-state index contributed by atoms with van der Waals surface area (Å²) >= 11 is 0. The quantitative estimate of drug-likeness (QED) is 0.561. The molecule has 3 fully saturated rings. The van der Waals surface area contributed by atoms with Crippen LogP contribution in [0, 0.1) is 23.7 Å². The van der Waals surface area contributed by atoms with Crippen molar-refractivity contribution in [3.8, 4) is 0 Å². The molecule has 2 heteroatoms. The van der Waals surface area contributed by atoms with Crippen molar-refractivity contribution in [2.45, 2.75) is 37.9 Å². The Hall–Kier alpha value is -0.0800. The van der Waals surface area contributed by atoms with Gasteiger partial charge in [-0.15, -0.1) is 0 Å². The fraction of sp³-hybridized carbons (Fsp3) is 1.00. The molecule has 6 unspecified atom stereocenters. The van der Waals surface area contributed by atoms with Crippen LogP contribution in [0.25, 0.3) is 0 Å². The van der Waals surface area contributed by atoms with E-state index in [1.165, 1.54) is 12.8 Å². The van der Waals surface area contributed by atoms with Gasteiger partial charge >= 0.3 is 0 Å². The number of aliphatic hydroxyl groups is 2. The zero-order valence-electron chi connectivity index (χ0n) is 7.19. The van der Waals surface area contributed by atoms with Gasteiger partial charge in [0.25, 0.3) is 0 Å². The number of rotatable bonds is 0. The third kappa shape index (κ3) is 0.775. The third-order valence-corrected chi connectivity index (χ3v) is 4.39. The minimum Gasteiger partial charge on any atom is -0.393 e. The Morgan fingerprint density at radius 2 is 1.25 bits per heavy atom. The molecule has 68 valence electrons. The molecule has 2 N–H and O–H groups in total. The maximum Gasteiger partial charge on any atom is 0.0574 e. The Labute approximate surface area is 72.6 Å². The van der Waals surface area contributed by atoms with Crippen molar-refractivity contribution in [2.75, 3.05) is 0 Å². The van der Waals surface area contributed by atoms with Crippen molar-refractivity contribution < 1.29 is 10.2 Å². The molecule has 2 bridgehead atoms. The van der Waals surface area contributed by atoms with Crippen molar-refractivity contribution in [3.63, 3.8) is 0 Å². The summed E-state index contributed by atoms with van der Waals surface area (Å²) in [5, 5.41) is 19.2. The van der Waals surface area contributed by atoms with Crippen LogP contribution < -0.4 is 0 Å². The predicted molar refractivity (Wildman–Crippen MR) is 44.4 cm³/mol. The van der Waals surface area contributed by atoms with Gasteiger partial charge in [-0.05, 0) is 49.4 Å². The molecule has 0 saturated heterocycles. The Kier molecular flexibility index (Phi) is 1.37. The molecule has 0 aromatic heterocycles. The number of hydrogen-bond acceptors (Lipinski definition) is 2. The largest absolute Gasteiger partial charge is 0.393 e. The predicted octanol–water partition coefficient (Wildman–Crippen LogP) is 0.774. The Morgan fingerprint density at radius 1 is 0.667 bits per heavy atom. The van der Waals surface area contributed by atoms with Crippen molar-refractivity contribution in [1.82, 2.24) is 0 Å². The molecule has 6 atom stereocenters. The van der Waals surface area contributed by atoms with Crippen LogP contribution in [-0.2, 0) is 0 Å². The summed E-state index contributed by atoms with van der Waals surface area (Å²) in [5.41, 5.74) is 0. The smallest absolute Gasteiger partial charge is 0.0574 e. The van der Waals surface area contributed by atoms with Crippen LogP contribution in [0.1, 0.15) is 25.7 Å². The number of aliphatic hydroxyl groups excluding tert-OH is 2. The lowest BCUT2D eigenvalue weighted by Crippen LogP contribution is -2.48. The van der Waals surface area contributed by atoms with E-state index in [0.29, 0.717) is 17.8 Å². The van der Waals surface area contributed by atoms with Gasteiger partial charge in [-0.25, -0.2) is 0 Å².